The summed E-state index contributed by atoms with van der Waals surface area (Å²) in [6, 6.07) is 0.250. The van der Waals surface area contributed by atoms with E-state index in [9.17, 15) is 20.4 Å². The van der Waals surface area contributed by atoms with Crippen molar-refractivity contribution in [2.24, 2.45) is 39.9 Å². The van der Waals surface area contributed by atoms with Crippen LogP contribution >= 0.6 is 0 Å². The molecule has 6 aliphatic rings. The summed E-state index contributed by atoms with van der Waals surface area (Å²) >= 11 is 0. The lowest BCUT2D eigenvalue weighted by Gasteiger charge is -2.66. The second-order valence-corrected chi connectivity index (χ2v) is 10.9. The van der Waals surface area contributed by atoms with Gasteiger partial charge in [-0.3, -0.25) is 4.90 Å². The van der Waals surface area contributed by atoms with Crippen molar-refractivity contribution in [3.63, 3.8) is 0 Å². The number of aliphatic hydroxyl groups is 4. The van der Waals surface area contributed by atoms with Crippen molar-refractivity contribution in [1.29, 1.82) is 0 Å². The number of piperidine rings is 1. The van der Waals surface area contributed by atoms with Gasteiger partial charge in [0, 0.05) is 41.2 Å². The first-order valence-corrected chi connectivity index (χ1v) is 10.9. The third kappa shape index (κ3) is 1.49. The van der Waals surface area contributed by atoms with Gasteiger partial charge in [-0.05, 0) is 49.1 Å². The highest BCUT2D eigenvalue weighted by Gasteiger charge is 2.85. The Balaban J connectivity index is 1.61. The molecule has 5 nitrogen and oxygen atoms in total. The van der Waals surface area contributed by atoms with E-state index in [0.29, 0.717) is 18.8 Å². The van der Waals surface area contributed by atoms with Crippen LogP contribution in [0, 0.1) is 39.9 Å². The fourth-order valence-corrected chi connectivity index (χ4v) is 9.95. The van der Waals surface area contributed by atoms with E-state index in [1.165, 1.54) is 0 Å². The first kappa shape index (κ1) is 17.4. The molecule has 7 bridgehead atoms. The molecular formula is C22H33NO4. The van der Waals surface area contributed by atoms with Crippen molar-refractivity contribution in [1.82, 2.24) is 4.90 Å². The molecule has 6 fully saturated rings. The summed E-state index contributed by atoms with van der Waals surface area (Å²) in [4.78, 5) is 2.50. The zero-order chi connectivity index (χ0) is 19.1. The molecule has 0 aromatic rings. The minimum Gasteiger partial charge on any atom is -0.392 e. The zero-order valence-electron chi connectivity index (χ0n) is 16.4. The lowest BCUT2D eigenvalue weighted by atomic mass is 9.43. The van der Waals surface area contributed by atoms with E-state index < -0.39 is 24.4 Å². The topological polar surface area (TPSA) is 84.2 Å². The summed E-state index contributed by atoms with van der Waals surface area (Å²) in [6.45, 7) is 10.4. The van der Waals surface area contributed by atoms with Crippen LogP contribution in [0.4, 0.5) is 0 Å². The molecule has 1 aliphatic heterocycles. The highest BCUT2D eigenvalue weighted by Crippen LogP contribution is 2.83. The predicted octanol–water partition coefficient (Wildman–Crippen LogP) is 0.763. The minimum absolute atomic E-state index is 0.000336. The highest BCUT2D eigenvalue weighted by molar-refractivity contribution is 5.39. The monoisotopic (exact) mass is 375 g/mol. The van der Waals surface area contributed by atoms with E-state index in [2.05, 4.69) is 25.3 Å². The van der Waals surface area contributed by atoms with Crippen molar-refractivity contribution in [2.45, 2.75) is 70.0 Å². The number of hydrogen-bond donors (Lipinski definition) is 4. The predicted molar refractivity (Wildman–Crippen MR) is 99.6 cm³/mol. The largest absolute Gasteiger partial charge is 0.392 e. The minimum atomic E-state index is -0.570. The molecule has 0 amide bonds. The van der Waals surface area contributed by atoms with Gasteiger partial charge >= 0.3 is 0 Å². The second kappa shape index (κ2) is 4.81. The second-order valence-electron chi connectivity index (χ2n) is 10.9. The molecule has 2 spiro atoms. The molecule has 150 valence electrons. The fraction of sp³-hybridized carbons (Fsp3) is 0.909. The molecule has 4 N–H and O–H groups in total. The van der Waals surface area contributed by atoms with Crippen molar-refractivity contribution in [3.8, 4) is 0 Å². The van der Waals surface area contributed by atoms with Crippen molar-refractivity contribution in [2.75, 3.05) is 13.1 Å². The molecule has 0 aromatic heterocycles. The van der Waals surface area contributed by atoms with Crippen LogP contribution in [-0.2, 0) is 0 Å². The molecule has 5 aliphatic carbocycles. The van der Waals surface area contributed by atoms with Gasteiger partial charge in [0.1, 0.15) is 0 Å². The number of aliphatic hydroxyl groups excluding tert-OH is 4. The molecule has 5 saturated carbocycles. The van der Waals surface area contributed by atoms with Crippen LogP contribution in [0.1, 0.15) is 39.5 Å². The summed E-state index contributed by atoms with van der Waals surface area (Å²) in [7, 11) is 0. The van der Waals surface area contributed by atoms with Gasteiger partial charge in [-0.2, -0.15) is 0 Å². The van der Waals surface area contributed by atoms with Gasteiger partial charge in [0.2, 0.25) is 0 Å². The molecule has 12 atom stereocenters. The maximum atomic E-state index is 11.5. The maximum absolute atomic E-state index is 11.5. The summed E-state index contributed by atoms with van der Waals surface area (Å²) in [6.07, 6.45) is 0.791. The Morgan fingerprint density at radius 1 is 1.07 bits per heavy atom. The van der Waals surface area contributed by atoms with E-state index >= 15 is 0 Å². The Morgan fingerprint density at radius 3 is 2.52 bits per heavy atom. The third-order valence-corrected chi connectivity index (χ3v) is 10.7. The van der Waals surface area contributed by atoms with Crippen LogP contribution in [0.15, 0.2) is 12.2 Å². The number of nitrogens with zero attached hydrogens (tertiary/aromatic N) is 1. The first-order chi connectivity index (χ1) is 12.7. The number of hydrogen-bond acceptors (Lipinski definition) is 5. The molecule has 27 heavy (non-hydrogen) atoms. The van der Waals surface area contributed by atoms with Crippen LogP contribution in [-0.4, -0.2) is 68.9 Å². The van der Waals surface area contributed by atoms with Gasteiger partial charge in [0.25, 0.3) is 0 Å². The zero-order valence-corrected chi connectivity index (χ0v) is 16.4. The fourth-order valence-electron chi connectivity index (χ4n) is 9.95. The Kier molecular flexibility index (Phi) is 3.10. The van der Waals surface area contributed by atoms with Crippen LogP contribution in [0.5, 0.6) is 0 Å². The van der Waals surface area contributed by atoms with Gasteiger partial charge < -0.3 is 20.4 Å². The lowest BCUT2D eigenvalue weighted by molar-refractivity contribution is -0.249. The van der Waals surface area contributed by atoms with E-state index in [4.69, 9.17) is 0 Å². The Labute approximate surface area is 161 Å². The smallest absolute Gasteiger partial charge is 0.0813 e. The average molecular weight is 376 g/mol. The van der Waals surface area contributed by atoms with Gasteiger partial charge in [-0.1, -0.05) is 20.4 Å². The molecule has 6 rings (SSSR count). The van der Waals surface area contributed by atoms with E-state index in [1.807, 2.05) is 0 Å². The van der Waals surface area contributed by atoms with Gasteiger partial charge in [-0.15, -0.1) is 0 Å². The average Bonchev–Trinajstić information content (AvgIpc) is 3.15. The molecule has 5 heteroatoms. The van der Waals surface area contributed by atoms with Crippen LogP contribution in [0.25, 0.3) is 0 Å². The highest BCUT2D eigenvalue weighted by atomic mass is 16.3. The summed E-state index contributed by atoms with van der Waals surface area (Å²) in [5, 5.41) is 44.8. The third-order valence-electron chi connectivity index (χ3n) is 10.7. The van der Waals surface area contributed by atoms with Crippen molar-refractivity contribution >= 4 is 0 Å². The van der Waals surface area contributed by atoms with Gasteiger partial charge in [-0.25, -0.2) is 0 Å². The number of rotatable bonds is 1. The lowest BCUT2D eigenvalue weighted by Crippen LogP contribution is -2.72. The van der Waals surface area contributed by atoms with Crippen molar-refractivity contribution in [3.05, 3.63) is 12.2 Å². The summed E-state index contributed by atoms with van der Waals surface area (Å²) in [5.74, 6) is 0.690. The van der Waals surface area contributed by atoms with Crippen LogP contribution < -0.4 is 0 Å². The molecule has 0 aromatic carbocycles. The number of fused-ring (bicyclic) bond motifs is 1. The maximum Gasteiger partial charge on any atom is 0.0813 e. The quantitative estimate of drug-likeness (QED) is 0.509. The van der Waals surface area contributed by atoms with Crippen molar-refractivity contribution < 1.29 is 20.4 Å². The molecular weight excluding hydrogens is 342 g/mol. The Hall–Kier alpha value is -0.460. The summed E-state index contributed by atoms with van der Waals surface area (Å²) in [5.41, 5.74) is 0.0404. The van der Waals surface area contributed by atoms with Gasteiger partial charge in [0.05, 0.1) is 24.4 Å². The summed E-state index contributed by atoms with van der Waals surface area (Å²) < 4.78 is 0. The first-order valence-electron chi connectivity index (χ1n) is 10.9. The van der Waals surface area contributed by atoms with E-state index in [0.717, 1.165) is 31.5 Å². The molecule has 1 heterocycles. The molecule has 1 saturated heterocycles. The van der Waals surface area contributed by atoms with Crippen LogP contribution in [0.3, 0.4) is 0 Å². The Bertz CT molecular complexity index is 727. The van der Waals surface area contributed by atoms with Crippen LogP contribution in [0.2, 0.25) is 0 Å². The standard InChI is InChI=1S/C22H33NO4/c1-4-23-9-20(3)14-5-12-18(23)22(14,17(26)7-16(20)25)15-6-13(24)11-8-21(12,15)19(27)10(11)2/h11-19,24-27H,2,4-9H2,1,3H3. The molecule has 12 unspecified atom stereocenters. The van der Waals surface area contributed by atoms with E-state index in [-0.39, 0.29) is 40.0 Å². The normalized spacial score (nSPS) is 66.3. The molecule has 0 radical (unpaired) electrons. The Morgan fingerprint density at radius 2 is 1.81 bits per heavy atom. The SMILES string of the molecule is C=C1C2CC3(C1O)C1CC4C5(C)CN(CC)C1C4(C(O)CC5O)C3CC2O. The van der Waals surface area contributed by atoms with E-state index in [1.54, 1.807) is 0 Å². The number of likely N-dealkylation sites (tertiary alicyclic amines) is 1. The van der Waals surface area contributed by atoms with Gasteiger partial charge in [0.15, 0.2) is 0 Å².